The maximum Gasteiger partial charge on any atom is 0.138 e. The number of aryl methyl sites for hydroxylation is 1. The standard InChI is InChI=1S/C10H10N4S/c1-7-12-4-5-14(7)9-3-2-8(6-13-9)10(11)15/h2-6H,1H3,(H2,11,15). The number of nitrogens with two attached hydrogens (primary N) is 1. The van der Waals surface area contributed by atoms with Crippen molar-refractivity contribution in [3.05, 3.63) is 42.1 Å². The van der Waals surface area contributed by atoms with Crippen molar-refractivity contribution in [2.24, 2.45) is 5.73 Å². The third-order valence-electron chi connectivity index (χ3n) is 2.10. The van der Waals surface area contributed by atoms with Gasteiger partial charge in [0.15, 0.2) is 0 Å². The molecule has 0 amide bonds. The van der Waals surface area contributed by atoms with E-state index < -0.39 is 0 Å². The normalized spacial score (nSPS) is 10.2. The maximum absolute atomic E-state index is 5.48. The van der Waals surface area contributed by atoms with Crippen LogP contribution in [0.2, 0.25) is 0 Å². The van der Waals surface area contributed by atoms with Crippen LogP contribution >= 0.6 is 12.2 Å². The summed E-state index contributed by atoms with van der Waals surface area (Å²) in [4.78, 5) is 8.74. The third-order valence-corrected chi connectivity index (χ3v) is 2.34. The van der Waals surface area contributed by atoms with Crippen LogP contribution in [0.15, 0.2) is 30.7 Å². The minimum atomic E-state index is 0.358. The Morgan fingerprint density at radius 2 is 2.20 bits per heavy atom. The van der Waals surface area contributed by atoms with Gasteiger partial charge >= 0.3 is 0 Å². The zero-order valence-electron chi connectivity index (χ0n) is 8.21. The van der Waals surface area contributed by atoms with Crippen LogP contribution in [-0.4, -0.2) is 19.5 Å². The van der Waals surface area contributed by atoms with E-state index in [-0.39, 0.29) is 0 Å². The lowest BCUT2D eigenvalue weighted by molar-refractivity contribution is 0.932. The molecular formula is C10H10N4S. The van der Waals surface area contributed by atoms with E-state index in [1.54, 1.807) is 12.4 Å². The summed E-state index contributed by atoms with van der Waals surface area (Å²) < 4.78 is 1.89. The number of imidazole rings is 1. The third kappa shape index (κ3) is 1.87. The number of thiocarbonyl (C=S) groups is 1. The van der Waals surface area contributed by atoms with E-state index in [0.29, 0.717) is 4.99 Å². The summed E-state index contributed by atoms with van der Waals surface area (Å²) in [6.07, 6.45) is 5.26. The lowest BCUT2D eigenvalue weighted by Gasteiger charge is -2.04. The highest BCUT2D eigenvalue weighted by Crippen LogP contribution is 2.07. The van der Waals surface area contributed by atoms with Crippen molar-refractivity contribution < 1.29 is 0 Å². The number of aromatic nitrogens is 3. The van der Waals surface area contributed by atoms with Gasteiger partial charge in [-0.05, 0) is 19.1 Å². The minimum Gasteiger partial charge on any atom is -0.389 e. The number of rotatable bonds is 2. The van der Waals surface area contributed by atoms with Crippen LogP contribution in [0.5, 0.6) is 0 Å². The molecule has 2 aromatic heterocycles. The first-order valence-electron chi connectivity index (χ1n) is 4.44. The summed E-state index contributed by atoms with van der Waals surface area (Å²) in [6, 6.07) is 3.72. The second kappa shape index (κ2) is 3.78. The van der Waals surface area contributed by atoms with Gasteiger partial charge in [0.25, 0.3) is 0 Å². The van der Waals surface area contributed by atoms with E-state index in [2.05, 4.69) is 9.97 Å². The first-order chi connectivity index (χ1) is 7.18. The topological polar surface area (TPSA) is 56.7 Å². The average Bonchev–Trinajstić information content (AvgIpc) is 2.65. The van der Waals surface area contributed by atoms with Crippen LogP contribution in [0, 0.1) is 6.92 Å². The van der Waals surface area contributed by atoms with Gasteiger partial charge in [-0.3, -0.25) is 4.57 Å². The summed E-state index contributed by atoms with van der Waals surface area (Å²) in [5.74, 6) is 1.70. The molecule has 15 heavy (non-hydrogen) atoms. The highest BCUT2D eigenvalue weighted by atomic mass is 32.1. The predicted octanol–water partition coefficient (Wildman–Crippen LogP) is 1.21. The molecule has 0 bridgehead atoms. The Labute approximate surface area is 92.8 Å². The monoisotopic (exact) mass is 218 g/mol. The molecule has 2 rings (SSSR count). The fourth-order valence-corrected chi connectivity index (χ4v) is 1.42. The Morgan fingerprint density at radius 3 is 2.67 bits per heavy atom. The van der Waals surface area contributed by atoms with Crippen molar-refractivity contribution in [3.63, 3.8) is 0 Å². The highest BCUT2D eigenvalue weighted by Gasteiger charge is 2.02. The Balaban J connectivity index is 2.40. The molecular weight excluding hydrogens is 208 g/mol. The molecule has 0 aliphatic carbocycles. The number of pyridine rings is 1. The average molecular weight is 218 g/mol. The van der Waals surface area contributed by atoms with E-state index in [1.165, 1.54) is 0 Å². The van der Waals surface area contributed by atoms with Crippen molar-refractivity contribution >= 4 is 17.2 Å². The van der Waals surface area contributed by atoms with Crippen molar-refractivity contribution in [2.45, 2.75) is 6.92 Å². The van der Waals surface area contributed by atoms with Gasteiger partial charge in [0.1, 0.15) is 16.6 Å². The SMILES string of the molecule is Cc1nccn1-c1ccc(C(N)=S)cn1. The Bertz CT molecular complexity index is 486. The molecule has 0 fully saturated rings. The van der Waals surface area contributed by atoms with Crippen LogP contribution < -0.4 is 5.73 Å². The van der Waals surface area contributed by atoms with Crippen molar-refractivity contribution in [3.8, 4) is 5.82 Å². The van der Waals surface area contributed by atoms with Crippen LogP contribution in [0.4, 0.5) is 0 Å². The molecule has 5 heteroatoms. The Hall–Kier alpha value is -1.75. The molecule has 2 aromatic rings. The van der Waals surface area contributed by atoms with Gasteiger partial charge in [0.05, 0.1) is 0 Å². The summed E-state index contributed by atoms with van der Waals surface area (Å²) in [5, 5.41) is 0. The lowest BCUT2D eigenvalue weighted by atomic mass is 10.3. The highest BCUT2D eigenvalue weighted by molar-refractivity contribution is 7.80. The van der Waals surface area contributed by atoms with Crippen LogP contribution in [-0.2, 0) is 0 Å². The van der Waals surface area contributed by atoms with Gasteiger partial charge in [0.2, 0.25) is 0 Å². The van der Waals surface area contributed by atoms with Crippen LogP contribution in [0.3, 0.4) is 0 Å². The molecule has 0 atom stereocenters. The number of nitrogens with zero attached hydrogens (tertiary/aromatic N) is 3. The second-order valence-corrected chi connectivity index (χ2v) is 3.55. The molecule has 0 aromatic carbocycles. The largest absolute Gasteiger partial charge is 0.389 e. The van der Waals surface area contributed by atoms with E-state index >= 15 is 0 Å². The van der Waals surface area contributed by atoms with Gasteiger partial charge in [-0.1, -0.05) is 12.2 Å². The first-order valence-corrected chi connectivity index (χ1v) is 4.85. The molecule has 0 saturated heterocycles. The Morgan fingerprint density at radius 1 is 1.40 bits per heavy atom. The molecule has 0 saturated carbocycles. The molecule has 2 heterocycles. The first kappa shape index (κ1) is 9.79. The zero-order valence-corrected chi connectivity index (χ0v) is 9.03. The van der Waals surface area contributed by atoms with Crippen molar-refractivity contribution in [1.82, 2.24) is 14.5 Å². The van der Waals surface area contributed by atoms with E-state index in [9.17, 15) is 0 Å². The molecule has 0 unspecified atom stereocenters. The molecule has 0 radical (unpaired) electrons. The summed E-state index contributed by atoms with van der Waals surface area (Å²) in [5.41, 5.74) is 6.25. The van der Waals surface area contributed by atoms with E-state index in [4.69, 9.17) is 18.0 Å². The molecule has 0 spiro atoms. The summed E-state index contributed by atoms with van der Waals surface area (Å²) >= 11 is 4.85. The van der Waals surface area contributed by atoms with Gasteiger partial charge < -0.3 is 5.73 Å². The quantitative estimate of drug-likeness (QED) is 0.770. The predicted molar refractivity (Wildman–Crippen MR) is 62.0 cm³/mol. The number of hydrogen-bond donors (Lipinski definition) is 1. The smallest absolute Gasteiger partial charge is 0.138 e. The fourth-order valence-electron chi connectivity index (χ4n) is 1.29. The van der Waals surface area contributed by atoms with E-state index in [0.717, 1.165) is 17.2 Å². The maximum atomic E-state index is 5.48. The lowest BCUT2D eigenvalue weighted by Crippen LogP contribution is -2.10. The second-order valence-electron chi connectivity index (χ2n) is 3.11. The van der Waals surface area contributed by atoms with Gasteiger partial charge in [-0.2, -0.15) is 0 Å². The summed E-state index contributed by atoms with van der Waals surface area (Å²) in [6.45, 7) is 1.92. The van der Waals surface area contributed by atoms with Crippen LogP contribution in [0.25, 0.3) is 5.82 Å². The van der Waals surface area contributed by atoms with Crippen LogP contribution in [0.1, 0.15) is 11.4 Å². The minimum absolute atomic E-state index is 0.358. The van der Waals surface area contributed by atoms with E-state index in [1.807, 2.05) is 29.8 Å². The molecule has 2 N–H and O–H groups in total. The molecule has 76 valence electrons. The summed E-state index contributed by atoms with van der Waals surface area (Å²) in [7, 11) is 0. The molecule has 4 nitrogen and oxygen atoms in total. The number of hydrogen-bond acceptors (Lipinski definition) is 3. The Kier molecular flexibility index (Phi) is 2.47. The van der Waals surface area contributed by atoms with Gasteiger partial charge in [0, 0.05) is 24.2 Å². The van der Waals surface area contributed by atoms with Gasteiger partial charge in [-0.15, -0.1) is 0 Å². The molecule has 0 aliphatic heterocycles. The van der Waals surface area contributed by atoms with Gasteiger partial charge in [-0.25, -0.2) is 9.97 Å². The zero-order chi connectivity index (χ0) is 10.8. The molecule has 0 aliphatic rings. The fraction of sp³-hybridized carbons (Fsp3) is 0.100. The van der Waals surface area contributed by atoms with Crippen molar-refractivity contribution in [2.75, 3.05) is 0 Å². The van der Waals surface area contributed by atoms with Crippen molar-refractivity contribution in [1.29, 1.82) is 0 Å².